The molecule has 4 rings (SSSR count). The summed E-state index contributed by atoms with van der Waals surface area (Å²) >= 11 is 1.52. The molecule has 156 valence electrons. The van der Waals surface area contributed by atoms with Crippen molar-refractivity contribution in [3.05, 3.63) is 87.4 Å². The molecule has 1 aromatic heterocycles. The summed E-state index contributed by atoms with van der Waals surface area (Å²) in [6, 6.07) is 18.5. The third-order valence-electron chi connectivity index (χ3n) is 5.42. The van der Waals surface area contributed by atoms with E-state index in [1.807, 2.05) is 23.6 Å². The van der Waals surface area contributed by atoms with Crippen LogP contribution in [0.2, 0.25) is 0 Å². The summed E-state index contributed by atoms with van der Waals surface area (Å²) < 4.78 is 0. The Morgan fingerprint density at radius 1 is 1.03 bits per heavy atom. The van der Waals surface area contributed by atoms with Crippen molar-refractivity contribution in [1.29, 1.82) is 0 Å². The molecule has 0 saturated carbocycles. The second-order valence-electron chi connectivity index (χ2n) is 7.80. The maximum absolute atomic E-state index is 12.4. The van der Waals surface area contributed by atoms with Crippen molar-refractivity contribution in [2.24, 2.45) is 0 Å². The summed E-state index contributed by atoms with van der Waals surface area (Å²) in [4.78, 5) is 19.3. The fraction of sp³-hybridized carbons (Fsp3) is 0.333. The van der Waals surface area contributed by atoms with Gasteiger partial charge < -0.3 is 10.4 Å². The van der Waals surface area contributed by atoms with E-state index in [-0.39, 0.29) is 12.0 Å². The molecule has 0 bridgehead atoms. The van der Waals surface area contributed by atoms with Crippen LogP contribution in [-0.4, -0.2) is 40.1 Å². The molecule has 0 aliphatic carbocycles. The van der Waals surface area contributed by atoms with Crippen LogP contribution < -0.4 is 5.32 Å². The van der Waals surface area contributed by atoms with Gasteiger partial charge in [0.25, 0.3) is 5.91 Å². The number of hydrogen-bond acceptors (Lipinski definition) is 5. The van der Waals surface area contributed by atoms with E-state index >= 15 is 0 Å². The zero-order valence-electron chi connectivity index (χ0n) is 17.0. The monoisotopic (exact) mass is 421 g/mol. The minimum atomic E-state index is -0.139. The van der Waals surface area contributed by atoms with E-state index in [0.717, 1.165) is 49.5 Å². The number of rotatable bonds is 7. The van der Waals surface area contributed by atoms with Crippen LogP contribution in [0.4, 0.5) is 0 Å². The smallest absolute Gasteiger partial charge is 0.271 e. The first-order valence-electron chi connectivity index (χ1n) is 10.4. The Bertz CT molecular complexity index is 948. The SMILES string of the molecule is O=C(NCc1ccc(CN2CCC(O)CC2)cc1)c1csc(Cc2ccccc2)n1. The lowest BCUT2D eigenvalue weighted by Gasteiger charge is -2.29. The molecule has 0 radical (unpaired) electrons. The average molecular weight is 422 g/mol. The summed E-state index contributed by atoms with van der Waals surface area (Å²) in [6.07, 6.45) is 2.32. The van der Waals surface area contributed by atoms with Crippen LogP contribution in [0.25, 0.3) is 0 Å². The number of thiazole rings is 1. The highest BCUT2D eigenvalue weighted by atomic mass is 32.1. The highest BCUT2D eigenvalue weighted by molar-refractivity contribution is 7.09. The lowest BCUT2D eigenvalue weighted by Crippen LogP contribution is -2.35. The Hall–Kier alpha value is -2.54. The number of aliphatic hydroxyl groups excluding tert-OH is 1. The summed E-state index contributed by atoms with van der Waals surface area (Å²) in [7, 11) is 0. The summed E-state index contributed by atoms with van der Waals surface area (Å²) in [6.45, 7) is 3.28. The molecule has 3 aromatic rings. The van der Waals surface area contributed by atoms with E-state index in [2.05, 4.69) is 51.6 Å². The van der Waals surface area contributed by atoms with Gasteiger partial charge in [-0.15, -0.1) is 11.3 Å². The van der Waals surface area contributed by atoms with Gasteiger partial charge in [-0.25, -0.2) is 4.98 Å². The van der Waals surface area contributed by atoms with Crippen molar-refractivity contribution in [3.8, 4) is 0 Å². The van der Waals surface area contributed by atoms with Crippen molar-refractivity contribution >= 4 is 17.2 Å². The molecule has 2 N–H and O–H groups in total. The lowest BCUT2D eigenvalue weighted by atomic mass is 10.1. The molecule has 30 heavy (non-hydrogen) atoms. The number of benzene rings is 2. The van der Waals surface area contributed by atoms with Crippen molar-refractivity contribution in [1.82, 2.24) is 15.2 Å². The summed E-state index contributed by atoms with van der Waals surface area (Å²) in [5.41, 5.74) is 4.00. The van der Waals surface area contributed by atoms with Gasteiger partial charge in [-0.05, 0) is 29.5 Å². The van der Waals surface area contributed by atoms with Gasteiger partial charge in [0.05, 0.1) is 11.1 Å². The zero-order chi connectivity index (χ0) is 20.8. The third kappa shape index (κ3) is 5.75. The number of nitrogens with one attached hydrogen (secondary N) is 1. The number of piperidine rings is 1. The molecule has 0 spiro atoms. The summed E-state index contributed by atoms with van der Waals surface area (Å²) in [5, 5.41) is 15.4. The molecular formula is C24H27N3O2S. The number of amides is 1. The largest absolute Gasteiger partial charge is 0.393 e. The highest BCUT2D eigenvalue weighted by Crippen LogP contribution is 2.16. The van der Waals surface area contributed by atoms with Gasteiger partial charge in [-0.2, -0.15) is 0 Å². The van der Waals surface area contributed by atoms with E-state index in [9.17, 15) is 9.90 Å². The molecule has 1 saturated heterocycles. The number of likely N-dealkylation sites (tertiary alicyclic amines) is 1. The van der Waals surface area contributed by atoms with Crippen LogP contribution in [0.5, 0.6) is 0 Å². The van der Waals surface area contributed by atoms with Gasteiger partial charge in [0.1, 0.15) is 5.69 Å². The minimum absolute atomic E-state index is 0.137. The van der Waals surface area contributed by atoms with Crippen LogP contribution in [0.3, 0.4) is 0 Å². The normalized spacial score (nSPS) is 15.2. The van der Waals surface area contributed by atoms with E-state index < -0.39 is 0 Å². The van der Waals surface area contributed by atoms with E-state index in [0.29, 0.717) is 12.2 Å². The van der Waals surface area contributed by atoms with Crippen LogP contribution >= 0.6 is 11.3 Å². The van der Waals surface area contributed by atoms with Crippen molar-refractivity contribution < 1.29 is 9.90 Å². The van der Waals surface area contributed by atoms with Crippen LogP contribution in [0.1, 0.15) is 45.0 Å². The topological polar surface area (TPSA) is 65.5 Å². The Morgan fingerprint density at radius 3 is 2.47 bits per heavy atom. The van der Waals surface area contributed by atoms with E-state index in [1.165, 1.54) is 22.5 Å². The molecule has 0 unspecified atom stereocenters. The molecule has 0 atom stereocenters. The predicted octanol–water partition coefficient (Wildman–Crippen LogP) is 3.62. The zero-order valence-corrected chi connectivity index (χ0v) is 17.8. The van der Waals surface area contributed by atoms with E-state index in [1.54, 1.807) is 0 Å². The van der Waals surface area contributed by atoms with Crippen LogP contribution in [0.15, 0.2) is 60.0 Å². The Kier molecular flexibility index (Phi) is 6.89. The van der Waals surface area contributed by atoms with Gasteiger partial charge in [-0.1, -0.05) is 54.6 Å². The van der Waals surface area contributed by atoms with Crippen LogP contribution in [-0.2, 0) is 19.5 Å². The first kappa shape index (κ1) is 20.7. The number of carbonyl (C=O) groups excluding carboxylic acids is 1. The van der Waals surface area contributed by atoms with E-state index in [4.69, 9.17) is 0 Å². The molecule has 1 amide bonds. The molecule has 1 aliphatic rings. The van der Waals surface area contributed by atoms with Gasteiger partial charge >= 0.3 is 0 Å². The Morgan fingerprint density at radius 2 is 1.73 bits per heavy atom. The van der Waals surface area contributed by atoms with Crippen LogP contribution in [0, 0.1) is 0 Å². The standard InChI is InChI=1S/C24H27N3O2S/c28-21-10-12-27(13-11-21)16-20-8-6-19(7-9-20)15-25-24(29)22-17-30-23(26-22)14-18-4-2-1-3-5-18/h1-9,17,21,28H,10-16H2,(H,25,29). The Labute approximate surface area is 181 Å². The molecular weight excluding hydrogens is 394 g/mol. The first-order chi connectivity index (χ1) is 14.7. The van der Waals surface area contributed by atoms with Gasteiger partial charge in [0, 0.05) is 38.0 Å². The molecule has 1 aliphatic heterocycles. The number of aliphatic hydroxyl groups is 1. The Balaban J connectivity index is 1.26. The fourth-order valence-electron chi connectivity index (χ4n) is 3.64. The minimum Gasteiger partial charge on any atom is -0.393 e. The number of carbonyl (C=O) groups is 1. The first-order valence-corrected chi connectivity index (χ1v) is 11.3. The quantitative estimate of drug-likeness (QED) is 0.612. The highest BCUT2D eigenvalue weighted by Gasteiger charge is 2.17. The fourth-order valence-corrected chi connectivity index (χ4v) is 4.45. The molecule has 6 heteroatoms. The molecule has 2 heterocycles. The summed E-state index contributed by atoms with van der Waals surface area (Å²) in [5.74, 6) is -0.137. The number of aromatic nitrogens is 1. The number of nitrogens with zero attached hydrogens (tertiary/aromatic N) is 2. The average Bonchev–Trinajstić information content (AvgIpc) is 3.24. The van der Waals surface area contributed by atoms with Crippen molar-refractivity contribution in [3.63, 3.8) is 0 Å². The maximum Gasteiger partial charge on any atom is 0.271 e. The lowest BCUT2D eigenvalue weighted by molar-refractivity contribution is 0.0792. The van der Waals surface area contributed by atoms with Crippen molar-refractivity contribution in [2.75, 3.05) is 13.1 Å². The van der Waals surface area contributed by atoms with Gasteiger partial charge in [0.2, 0.25) is 0 Å². The predicted molar refractivity (Wildman–Crippen MR) is 119 cm³/mol. The molecule has 1 fully saturated rings. The molecule has 2 aromatic carbocycles. The number of hydrogen-bond donors (Lipinski definition) is 2. The maximum atomic E-state index is 12.4. The molecule has 5 nitrogen and oxygen atoms in total. The third-order valence-corrected chi connectivity index (χ3v) is 6.27. The second-order valence-corrected chi connectivity index (χ2v) is 8.74. The van der Waals surface area contributed by atoms with Gasteiger partial charge in [-0.3, -0.25) is 9.69 Å². The second kappa shape index (κ2) is 9.98. The van der Waals surface area contributed by atoms with Crippen molar-refractivity contribution in [2.45, 2.75) is 38.5 Å². The van der Waals surface area contributed by atoms with Gasteiger partial charge in [0.15, 0.2) is 0 Å².